The lowest BCUT2D eigenvalue weighted by atomic mass is 10.1. The Morgan fingerprint density at radius 1 is 0.567 bits per heavy atom. The molecule has 2 nitrogen and oxygen atoms in total. The molecule has 0 atom stereocenters. The van der Waals surface area contributed by atoms with Crippen LogP contribution in [0.2, 0.25) is 0 Å². The van der Waals surface area contributed by atoms with Crippen LogP contribution in [0, 0.1) is 0 Å². The summed E-state index contributed by atoms with van der Waals surface area (Å²) in [5.41, 5.74) is 0. The van der Waals surface area contributed by atoms with Gasteiger partial charge in [-0.3, -0.25) is 0 Å². The third-order valence-corrected chi connectivity index (χ3v) is 6.60. The minimum atomic E-state index is 1.22. The number of nitrogens with zero attached hydrogens (tertiary/aromatic N) is 2. The van der Waals surface area contributed by atoms with Gasteiger partial charge in [0.2, 0.25) is 0 Å². The van der Waals surface area contributed by atoms with Crippen molar-refractivity contribution < 1.29 is 4.57 Å². The van der Waals surface area contributed by atoms with Crippen LogP contribution in [0.4, 0.5) is 0 Å². The zero-order valence-electron chi connectivity index (χ0n) is 21.1. The Bertz CT molecular complexity index is 477. The van der Waals surface area contributed by atoms with Crippen molar-refractivity contribution in [1.82, 2.24) is 4.57 Å². The van der Waals surface area contributed by atoms with E-state index in [2.05, 4.69) is 42.3 Å². The van der Waals surface area contributed by atoms with Gasteiger partial charge in [0.25, 0.3) is 5.82 Å². The summed E-state index contributed by atoms with van der Waals surface area (Å²) < 4.78 is 5.17. The van der Waals surface area contributed by atoms with Crippen molar-refractivity contribution in [2.24, 2.45) is 0 Å². The quantitative estimate of drug-likeness (QED) is 0.131. The maximum absolute atomic E-state index is 2.59. The standard InChI is InChI=1S/C28H55N2/c1-4-7-10-13-14-15-16-19-22-25-30-27-26-29(24-21-18-12-9-6-3)28(30)23-20-17-11-8-5-2/h26-27H,4-25H2,1-3H3/q+1. The van der Waals surface area contributed by atoms with Gasteiger partial charge in [0, 0.05) is 6.42 Å². The summed E-state index contributed by atoms with van der Waals surface area (Å²) in [6.45, 7) is 9.36. The first-order valence-corrected chi connectivity index (χ1v) is 13.9. The monoisotopic (exact) mass is 419 g/mol. The van der Waals surface area contributed by atoms with Crippen molar-refractivity contribution in [1.29, 1.82) is 0 Å². The summed E-state index contributed by atoms with van der Waals surface area (Å²) in [7, 11) is 0. The van der Waals surface area contributed by atoms with Gasteiger partial charge in [-0.25, -0.2) is 9.13 Å². The van der Waals surface area contributed by atoms with E-state index in [9.17, 15) is 0 Å². The van der Waals surface area contributed by atoms with E-state index in [4.69, 9.17) is 0 Å². The molecule has 30 heavy (non-hydrogen) atoms. The fourth-order valence-electron chi connectivity index (χ4n) is 4.56. The van der Waals surface area contributed by atoms with Crippen LogP contribution >= 0.6 is 0 Å². The summed E-state index contributed by atoms with van der Waals surface area (Å²) in [4.78, 5) is 0. The maximum Gasteiger partial charge on any atom is 0.256 e. The number of aromatic nitrogens is 2. The van der Waals surface area contributed by atoms with Gasteiger partial charge >= 0.3 is 0 Å². The Morgan fingerprint density at radius 2 is 1.03 bits per heavy atom. The smallest absolute Gasteiger partial charge is 0.234 e. The van der Waals surface area contributed by atoms with Crippen LogP contribution in [0.15, 0.2) is 12.4 Å². The maximum atomic E-state index is 2.59. The van der Waals surface area contributed by atoms with E-state index >= 15 is 0 Å². The molecule has 0 aliphatic heterocycles. The minimum Gasteiger partial charge on any atom is -0.234 e. The highest BCUT2D eigenvalue weighted by molar-refractivity contribution is 4.84. The van der Waals surface area contributed by atoms with Crippen molar-refractivity contribution >= 4 is 0 Å². The summed E-state index contributed by atoms with van der Waals surface area (Å²) >= 11 is 0. The fourth-order valence-corrected chi connectivity index (χ4v) is 4.56. The third kappa shape index (κ3) is 13.5. The summed E-state index contributed by atoms with van der Waals surface area (Å²) in [5.74, 6) is 1.60. The SMILES string of the molecule is CCCCCCCCCCCn1cc[n+](CCCCCCC)c1CCCCCCC. The molecule has 0 radical (unpaired) electrons. The molecule has 0 aliphatic carbocycles. The van der Waals surface area contributed by atoms with Crippen molar-refractivity contribution in [2.75, 3.05) is 0 Å². The van der Waals surface area contributed by atoms with Gasteiger partial charge in [-0.15, -0.1) is 0 Å². The second kappa shape index (κ2) is 20.1. The van der Waals surface area contributed by atoms with Crippen LogP contribution in [0.1, 0.15) is 149 Å². The molecular weight excluding hydrogens is 364 g/mol. The Hall–Kier alpha value is -0.790. The minimum absolute atomic E-state index is 1.22. The molecule has 0 aliphatic rings. The Balaban J connectivity index is 2.37. The highest BCUT2D eigenvalue weighted by Crippen LogP contribution is 2.12. The van der Waals surface area contributed by atoms with Crippen LogP contribution in [-0.2, 0) is 19.5 Å². The molecule has 0 saturated heterocycles. The Labute approximate surface area is 189 Å². The predicted octanol–water partition coefficient (Wildman–Crippen LogP) is 8.79. The van der Waals surface area contributed by atoms with Gasteiger partial charge in [-0.1, -0.05) is 111 Å². The summed E-state index contributed by atoms with van der Waals surface area (Å²) in [6.07, 6.45) is 32.5. The average molecular weight is 420 g/mol. The van der Waals surface area contributed by atoms with Crippen LogP contribution < -0.4 is 4.57 Å². The second-order valence-electron chi connectivity index (χ2n) is 9.51. The molecule has 2 heteroatoms. The first-order chi connectivity index (χ1) is 14.8. The zero-order chi connectivity index (χ0) is 21.7. The number of rotatable bonds is 22. The molecule has 1 aromatic heterocycles. The lowest BCUT2D eigenvalue weighted by Crippen LogP contribution is -2.37. The molecule has 1 heterocycles. The zero-order valence-corrected chi connectivity index (χ0v) is 21.1. The second-order valence-corrected chi connectivity index (χ2v) is 9.51. The molecule has 176 valence electrons. The lowest BCUT2D eigenvalue weighted by Gasteiger charge is -2.07. The molecule has 0 N–H and O–H groups in total. The predicted molar refractivity (Wildman–Crippen MR) is 133 cm³/mol. The molecule has 0 unspecified atom stereocenters. The first-order valence-electron chi connectivity index (χ1n) is 13.9. The van der Waals surface area contributed by atoms with Crippen molar-refractivity contribution in [2.45, 2.75) is 162 Å². The molecule has 0 bridgehead atoms. The topological polar surface area (TPSA) is 8.81 Å². The van der Waals surface area contributed by atoms with Crippen molar-refractivity contribution in [3.05, 3.63) is 18.2 Å². The van der Waals surface area contributed by atoms with Gasteiger partial charge in [0.05, 0.1) is 13.1 Å². The fraction of sp³-hybridized carbons (Fsp3) is 0.893. The highest BCUT2D eigenvalue weighted by Gasteiger charge is 2.16. The Morgan fingerprint density at radius 3 is 1.60 bits per heavy atom. The van der Waals surface area contributed by atoms with Crippen molar-refractivity contribution in [3.63, 3.8) is 0 Å². The molecule has 0 saturated carbocycles. The van der Waals surface area contributed by atoms with Gasteiger partial charge < -0.3 is 0 Å². The Kier molecular flexibility index (Phi) is 18.3. The van der Waals surface area contributed by atoms with Crippen molar-refractivity contribution in [3.8, 4) is 0 Å². The van der Waals surface area contributed by atoms with E-state index in [-0.39, 0.29) is 0 Å². The van der Waals surface area contributed by atoms with E-state index in [1.807, 2.05) is 0 Å². The average Bonchev–Trinajstić information content (AvgIpc) is 3.14. The molecular formula is C28H55N2+. The number of hydrogen-bond donors (Lipinski definition) is 0. The van der Waals surface area contributed by atoms with E-state index in [1.165, 1.54) is 142 Å². The van der Waals surface area contributed by atoms with E-state index in [0.717, 1.165) is 0 Å². The van der Waals surface area contributed by atoms with Gasteiger partial charge in [-0.05, 0) is 32.1 Å². The van der Waals surface area contributed by atoms with Gasteiger partial charge in [0.15, 0.2) is 0 Å². The molecule has 0 spiro atoms. The molecule has 0 aromatic carbocycles. The number of hydrogen-bond acceptors (Lipinski definition) is 0. The normalized spacial score (nSPS) is 11.4. The molecule has 1 rings (SSSR count). The largest absolute Gasteiger partial charge is 0.256 e. The van der Waals surface area contributed by atoms with Crippen LogP contribution in [0.3, 0.4) is 0 Å². The van der Waals surface area contributed by atoms with Crippen LogP contribution in [0.5, 0.6) is 0 Å². The summed E-state index contributed by atoms with van der Waals surface area (Å²) in [6, 6.07) is 0. The van der Waals surface area contributed by atoms with Crippen LogP contribution in [-0.4, -0.2) is 4.57 Å². The third-order valence-electron chi connectivity index (χ3n) is 6.60. The lowest BCUT2D eigenvalue weighted by molar-refractivity contribution is -0.704. The molecule has 1 aromatic rings. The number of unbranched alkanes of at least 4 members (excludes halogenated alkanes) is 16. The van der Waals surface area contributed by atoms with Gasteiger partial charge in [-0.2, -0.15) is 0 Å². The van der Waals surface area contributed by atoms with Crippen LogP contribution in [0.25, 0.3) is 0 Å². The number of imidazole rings is 1. The molecule has 0 fully saturated rings. The van der Waals surface area contributed by atoms with E-state index < -0.39 is 0 Å². The molecule has 0 amide bonds. The highest BCUT2D eigenvalue weighted by atomic mass is 15.1. The summed E-state index contributed by atoms with van der Waals surface area (Å²) in [5, 5.41) is 0. The van der Waals surface area contributed by atoms with E-state index in [0.29, 0.717) is 0 Å². The first kappa shape index (κ1) is 27.2. The van der Waals surface area contributed by atoms with Gasteiger partial charge in [0.1, 0.15) is 12.4 Å². The number of aryl methyl sites for hydroxylation is 2. The van der Waals surface area contributed by atoms with E-state index in [1.54, 1.807) is 5.82 Å².